The third kappa shape index (κ3) is 4.37. The van der Waals surface area contributed by atoms with Crippen LogP contribution in [0.1, 0.15) is 43.5 Å². The lowest BCUT2D eigenvalue weighted by molar-refractivity contribution is -0.143. The number of hydrogen-bond acceptors (Lipinski definition) is 4. The van der Waals surface area contributed by atoms with Gasteiger partial charge in [0.25, 0.3) is 5.91 Å². The van der Waals surface area contributed by atoms with Gasteiger partial charge in [0, 0.05) is 18.2 Å². The minimum absolute atomic E-state index is 0.0242. The Kier molecular flexibility index (Phi) is 6.53. The fourth-order valence-corrected chi connectivity index (χ4v) is 3.21. The van der Waals surface area contributed by atoms with Gasteiger partial charge in [-0.05, 0) is 38.3 Å². The smallest absolute Gasteiger partial charge is 0.308 e. The molecule has 25 heavy (non-hydrogen) atoms. The summed E-state index contributed by atoms with van der Waals surface area (Å²) in [5.74, 6) is -0.851. The molecule has 6 nitrogen and oxygen atoms in total. The fraction of sp³-hybridized carbons (Fsp3) is 0.556. The summed E-state index contributed by atoms with van der Waals surface area (Å²) in [6, 6.07) is 3.12. The second-order valence-electron chi connectivity index (χ2n) is 6.26. The number of likely N-dealkylation sites (tertiary alicyclic amines) is 1. The van der Waals surface area contributed by atoms with Gasteiger partial charge in [0.15, 0.2) is 11.5 Å². The molecule has 1 fully saturated rings. The van der Waals surface area contributed by atoms with Gasteiger partial charge in [-0.2, -0.15) is 0 Å². The van der Waals surface area contributed by atoms with Gasteiger partial charge < -0.3 is 19.5 Å². The number of hydrogen-bond donors (Lipinski definition) is 1. The van der Waals surface area contributed by atoms with Gasteiger partial charge in [0.05, 0.1) is 24.7 Å². The van der Waals surface area contributed by atoms with Crippen LogP contribution in [0, 0.1) is 5.92 Å². The van der Waals surface area contributed by atoms with E-state index in [1.54, 1.807) is 17.0 Å². The molecule has 1 amide bonds. The maximum atomic E-state index is 12.9. The summed E-state index contributed by atoms with van der Waals surface area (Å²) in [7, 11) is 1.49. The van der Waals surface area contributed by atoms with Crippen molar-refractivity contribution >= 4 is 23.5 Å². The van der Waals surface area contributed by atoms with E-state index < -0.39 is 11.9 Å². The van der Waals surface area contributed by atoms with E-state index in [0.717, 1.165) is 6.42 Å². The number of nitrogens with zero attached hydrogens (tertiary/aromatic N) is 1. The minimum atomic E-state index is -0.872. The van der Waals surface area contributed by atoms with Gasteiger partial charge in [-0.15, -0.1) is 0 Å². The Morgan fingerprint density at radius 2 is 2.08 bits per heavy atom. The molecule has 1 aliphatic rings. The van der Waals surface area contributed by atoms with Crippen LogP contribution in [0.3, 0.4) is 0 Å². The Hall–Kier alpha value is -1.95. The highest BCUT2D eigenvalue weighted by Crippen LogP contribution is 2.37. The average Bonchev–Trinajstić information content (AvgIpc) is 2.59. The third-order valence-electron chi connectivity index (χ3n) is 4.42. The molecule has 7 heteroatoms. The van der Waals surface area contributed by atoms with Crippen molar-refractivity contribution < 1.29 is 24.2 Å². The second-order valence-corrected chi connectivity index (χ2v) is 6.66. The zero-order valence-electron chi connectivity index (χ0n) is 14.8. The predicted molar refractivity (Wildman–Crippen MR) is 94.6 cm³/mol. The first kappa shape index (κ1) is 19.4. The van der Waals surface area contributed by atoms with Crippen LogP contribution in [0.5, 0.6) is 11.5 Å². The van der Waals surface area contributed by atoms with E-state index in [-0.39, 0.29) is 18.5 Å². The first-order valence-corrected chi connectivity index (χ1v) is 8.80. The summed E-state index contributed by atoms with van der Waals surface area (Å²) in [5.41, 5.74) is 0.364. The quantitative estimate of drug-likeness (QED) is 0.830. The van der Waals surface area contributed by atoms with Crippen molar-refractivity contribution in [3.63, 3.8) is 0 Å². The number of carbonyl (C=O) groups is 2. The van der Waals surface area contributed by atoms with Gasteiger partial charge in [0.2, 0.25) is 0 Å². The van der Waals surface area contributed by atoms with Crippen LogP contribution in [0.25, 0.3) is 0 Å². The molecule has 0 bridgehead atoms. The van der Waals surface area contributed by atoms with E-state index >= 15 is 0 Å². The molecule has 0 radical (unpaired) electrons. The zero-order valence-corrected chi connectivity index (χ0v) is 15.5. The maximum absolute atomic E-state index is 12.9. The summed E-state index contributed by atoms with van der Waals surface area (Å²) in [6.45, 7) is 4.60. The van der Waals surface area contributed by atoms with Crippen LogP contribution in [0.15, 0.2) is 12.1 Å². The van der Waals surface area contributed by atoms with E-state index in [0.29, 0.717) is 41.5 Å². The Morgan fingerprint density at radius 1 is 1.36 bits per heavy atom. The number of methoxy groups -OCH3 is 1. The molecular formula is C18H24ClNO5. The van der Waals surface area contributed by atoms with E-state index in [1.807, 2.05) is 13.8 Å². The van der Waals surface area contributed by atoms with E-state index in [2.05, 4.69) is 0 Å². The molecule has 0 aromatic heterocycles. The molecule has 2 unspecified atom stereocenters. The molecule has 1 aromatic carbocycles. The molecule has 1 aliphatic heterocycles. The number of carbonyl (C=O) groups excluding carboxylic acids is 1. The highest BCUT2D eigenvalue weighted by atomic mass is 35.5. The van der Waals surface area contributed by atoms with Gasteiger partial charge in [0.1, 0.15) is 0 Å². The standard InChI is InChI=1S/C18H24ClNO5/c1-4-7-25-16-14(19)8-13(9-15(16)24-3)17(21)20-10-12(18(22)23)6-5-11(20)2/h8-9,11-12H,4-7,10H2,1-3H3,(H,22,23). The van der Waals surface area contributed by atoms with Crippen LogP contribution < -0.4 is 9.47 Å². The first-order valence-electron chi connectivity index (χ1n) is 8.43. The summed E-state index contributed by atoms with van der Waals surface area (Å²) < 4.78 is 10.9. The number of carboxylic acids is 1. The van der Waals surface area contributed by atoms with E-state index in [9.17, 15) is 14.7 Å². The van der Waals surface area contributed by atoms with E-state index in [4.69, 9.17) is 21.1 Å². The third-order valence-corrected chi connectivity index (χ3v) is 4.70. The van der Waals surface area contributed by atoms with Gasteiger partial charge in [-0.1, -0.05) is 18.5 Å². The van der Waals surface area contributed by atoms with Crippen molar-refractivity contribution in [2.24, 2.45) is 5.92 Å². The summed E-state index contributed by atoms with van der Waals surface area (Å²) in [6.07, 6.45) is 2.06. The second kappa shape index (κ2) is 8.43. The monoisotopic (exact) mass is 369 g/mol. The summed E-state index contributed by atoms with van der Waals surface area (Å²) >= 11 is 6.28. The maximum Gasteiger partial charge on any atom is 0.308 e. The summed E-state index contributed by atoms with van der Waals surface area (Å²) in [4.78, 5) is 25.8. The van der Waals surface area contributed by atoms with E-state index in [1.165, 1.54) is 7.11 Å². The van der Waals surface area contributed by atoms with Crippen LogP contribution in [-0.2, 0) is 4.79 Å². The van der Waals surface area contributed by atoms with Gasteiger partial charge in [-0.25, -0.2) is 0 Å². The Bertz CT molecular complexity index is 649. The number of aliphatic carboxylic acids is 1. The molecule has 2 rings (SSSR count). The normalized spacial score (nSPS) is 20.2. The van der Waals surface area contributed by atoms with Gasteiger partial charge in [-0.3, -0.25) is 9.59 Å². The molecule has 1 saturated heterocycles. The molecule has 1 aromatic rings. The average molecular weight is 370 g/mol. The number of piperidine rings is 1. The highest BCUT2D eigenvalue weighted by molar-refractivity contribution is 6.32. The molecule has 1 N–H and O–H groups in total. The Balaban J connectivity index is 2.29. The Labute approximate surface area is 152 Å². The van der Waals surface area contributed by atoms with Crippen LogP contribution in [0.4, 0.5) is 0 Å². The predicted octanol–water partition coefficient (Wildman–Crippen LogP) is 3.46. The zero-order chi connectivity index (χ0) is 18.6. The van der Waals surface area contributed by atoms with Crippen LogP contribution in [-0.4, -0.2) is 48.2 Å². The number of amides is 1. The molecule has 1 heterocycles. The molecule has 0 aliphatic carbocycles. The highest BCUT2D eigenvalue weighted by Gasteiger charge is 2.33. The lowest BCUT2D eigenvalue weighted by Crippen LogP contribution is -2.47. The molecule has 0 spiro atoms. The largest absolute Gasteiger partial charge is 0.493 e. The van der Waals surface area contributed by atoms with Crippen molar-refractivity contribution in [1.29, 1.82) is 0 Å². The lowest BCUT2D eigenvalue weighted by atomic mass is 9.93. The molecular weight excluding hydrogens is 346 g/mol. The van der Waals surface area contributed by atoms with Crippen LogP contribution >= 0.6 is 11.6 Å². The topological polar surface area (TPSA) is 76.1 Å². The van der Waals surface area contributed by atoms with Crippen molar-refractivity contribution in [2.75, 3.05) is 20.3 Å². The molecule has 138 valence electrons. The van der Waals surface area contributed by atoms with Crippen molar-refractivity contribution in [3.05, 3.63) is 22.7 Å². The van der Waals surface area contributed by atoms with Gasteiger partial charge >= 0.3 is 5.97 Å². The fourth-order valence-electron chi connectivity index (χ4n) is 2.94. The van der Waals surface area contributed by atoms with Crippen molar-refractivity contribution in [3.8, 4) is 11.5 Å². The number of ether oxygens (including phenoxy) is 2. The molecule has 0 saturated carbocycles. The lowest BCUT2D eigenvalue weighted by Gasteiger charge is -2.36. The minimum Gasteiger partial charge on any atom is -0.493 e. The SMILES string of the molecule is CCCOc1c(Cl)cc(C(=O)N2CC(C(=O)O)CCC2C)cc1OC. The Morgan fingerprint density at radius 3 is 2.68 bits per heavy atom. The van der Waals surface area contributed by atoms with Crippen molar-refractivity contribution in [1.82, 2.24) is 4.90 Å². The number of rotatable bonds is 6. The van der Waals surface area contributed by atoms with Crippen molar-refractivity contribution in [2.45, 2.75) is 39.2 Å². The summed E-state index contributed by atoms with van der Waals surface area (Å²) in [5, 5.41) is 9.55. The molecule has 2 atom stereocenters. The number of halogens is 1. The van der Waals surface area contributed by atoms with Crippen LogP contribution in [0.2, 0.25) is 5.02 Å². The first-order chi connectivity index (χ1) is 11.9. The number of benzene rings is 1. The number of carboxylic acid groups (broad SMARTS) is 1.